The van der Waals surface area contributed by atoms with E-state index < -0.39 is 54.8 Å². The van der Waals surface area contributed by atoms with Crippen LogP contribution in [0.4, 0.5) is 0 Å². The van der Waals surface area contributed by atoms with E-state index in [9.17, 15) is 35.7 Å². The highest BCUT2D eigenvalue weighted by Crippen LogP contribution is 2.60. The summed E-state index contributed by atoms with van der Waals surface area (Å²) in [6, 6.07) is 0. The van der Waals surface area contributed by atoms with Gasteiger partial charge in [-0.1, -0.05) is 51.0 Å². The molecule has 11 atom stereocenters. The third-order valence-corrected chi connectivity index (χ3v) is 10.7. The molecule has 0 bridgehead atoms. The molecule has 1 heterocycles. The Kier molecular flexibility index (Phi) is 10.5. The number of hydrogen-bond acceptors (Lipinski definition) is 9. The number of fused-ring (bicyclic) bond motifs is 1. The van der Waals surface area contributed by atoms with E-state index in [0.29, 0.717) is 23.3 Å². The van der Waals surface area contributed by atoms with Crippen LogP contribution in [0.25, 0.3) is 0 Å². The number of aliphatic hydroxyl groups is 7. The maximum absolute atomic E-state index is 11.5. The molecule has 240 valence electrons. The molecule has 4 fully saturated rings. The second kappa shape index (κ2) is 13.1. The minimum atomic E-state index is -2.08. The highest BCUT2D eigenvalue weighted by molar-refractivity contribution is 5.41. The van der Waals surface area contributed by atoms with Crippen molar-refractivity contribution in [3.63, 3.8) is 0 Å². The summed E-state index contributed by atoms with van der Waals surface area (Å²) in [5, 5.41) is 72.4. The summed E-state index contributed by atoms with van der Waals surface area (Å²) in [5.41, 5.74) is 1.85. The van der Waals surface area contributed by atoms with Gasteiger partial charge in [0.15, 0.2) is 12.1 Å². The lowest BCUT2D eigenvalue weighted by molar-refractivity contribution is -0.356. The van der Waals surface area contributed by atoms with Gasteiger partial charge in [0.1, 0.15) is 24.4 Å². The zero-order valence-corrected chi connectivity index (χ0v) is 25.8. The van der Waals surface area contributed by atoms with Crippen LogP contribution in [0.5, 0.6) is 0 Å². The number of ether oxygens (including phenoxy) is 2. The smallest absolute Gasteiger partial charge is 0.197 e. The predicted molar refractivity (Wildman–Crippen MR) is 158 cm³/mol. The van der Waals surface area contributed by atoms with Gasteiger partial charge in [-0.3, -0.25) is 0 Å². The van der Waals surface area contributed by atoms with Gasteiger partial charge in [-0.2, -0.15) is 0 Å². The Balaban J connectivity index is 1.48. The van der Waals surface area contributed by atoms with Crippen molar-refractivity contribution in [3.05, 3.63) is 35.5 Å². The van der Waals surface area contributed by atoms with Crippen molar-refractivity contribution in [2.24, 2.45) is 23.2 Å². The molecule has 7 N–H and O–H groups in total. The molecular formula is C33H54O9. The van der Waals surface area contributed by atoms with Gasteiger partial charge in [-0.05, 0) is 87.5 Å². The van der Waals surface area contributed by atoms with Gasteiger partial charge < -0.3 is 45.2 Å². The van der Waals surface area contributed by atoms with E-state index in [1.54, 1.807) is 0 Å². The maximum atomic E-state index is 11.5. The highest BCUT2D eigenvalue weighted by atomic mass is 16.8. The zero-order valence-electron chi connectivity index (χ0n) is 25.8. The molecule has 0 radical (unpaired) electrons. The summed E-state index contributed by atoms with van der Waals surface area (Å²) in [5.74, 6) is -0.392. The van der Waals surface area contributed by atoms with Crippen molar-refractivity contribution in [2.75, 3.05) is 6.61 Å². The first kappa shape index (κ1) is 33.7. The van der Waals surface area contributed by atoms with E-state index in [1.807, 2.05) is 19.9 Å². The van der Waals surface area contributed by atoms with Crippen molar-refractivity contribution in [2.45, 2.75) is 140 Å². The first-order chi connectivity index (χ1) is 19.6. The SMILES string of the molecule is C=C1/C(=C\C=C2CCC[C@@]3(C)C2CC[C@@H]3[C@H](C)CCCC(C)(C)O)C[C@@H](O)C[C@]1(O)OC1O[C@H](CO)[C@@H](O)[C@H](O)[C@H]1O. The number of hydrogen-bond donors (Lipinski definition) is 7. The lowest BCUT2D eigenvalue weighted by atomic mass is 9.60. The summed E-state index contributed by atoms with van der Waals surface area (Å²) < 4.78 is 11.2. The molecule has 0 spiro atoms. The quantitative estimate of drug-likeness (QED) is 0.199. The Morgan fingerprint density at radius 2 is 1.83 bits per heavy atom. The van der Waals surface area contributed by atoms with Crippen LogP contribution >= 0.6 is 0 Å². The van der Waals surface area contributed by atoms with Crippen molar-refractivity contribution in [1.29, 1.82) is 0 Å². The monoisotopic (exact) mass is 594 g/mol. The Morgan fingerprint density at radius 3 is 2.50 bits per heavy atom. The molecule has 0 amide bonds. The van der Waals surface area contributed by atoms with Crippen molar-refractivity contribution in [3.8, 4) is 0 Å². The van der Waals surface area contributed by atoms with Gasteiger partial charge in [-0.15, -0.1) is 0 Å². The minimum Gasteiger partial charge on any atom is -0.394 e. The number of allylic oxidation sites excluding steroid dienone is 3. The van der Waals surface area contributed by atoms with Crippen LogP contribution < -0.4 is 0 Å². The minimum absolute atomic E-state index is 0.206. The fourth-order valence-electron chi connectivity index (χ4n) is 8.27. The third kappa shape index (κ3) is 7.05. The van der Waals surface area contributed by atoms with Gasteiger partial charge >= 0.3 is 0 Å². The standard InChI is InChI=1S/C33H54O9/c1-19(8-6-14-31(3,4)39)24-12-13-25-21(9-7-15-32(24,25)5)10-11-22-16-23(35)17-33(40,20(22)2)42-30-29(38)28(37)27(36)26(18-34)41-30/h10-11,19,23-30,34-40H,2,6-9,12-18H2,1,3-5H3/b21-10?,22-11-/t19-,23-,24-,25?,26-,27-,28+,29-,30?,32-,33+/m1/s1. The molecule has 3 aliphatic carbocycles. The van der Waals surface area contributed by atoms with E-state index in [-0.39, 0.29) is 23.8 Å². The molecule has 1 aliphatic heterocycles. The van der Waals surface area contributed by atoms with Crippen LogP contribution in [0.3, 0.4) is 0 Å². The van der Waals surface area contributed by atoms with Crippen LogP contribution in [0, 0.1) is 23.2 Å². The summed E-state index contributed by atoms with van der Waals surface area (Å²) in [4.78, 5) is 0. The third-order valence-electron chi connectivity index (χ3n) is 10.7. The Bertz CT molecular complexity index is 1020. The van der Waals surface area contributed by atoms with E-state index in [0.717, 1.165) is 38.5 Å². The Labute approximate surface area is 250 Å². The molecule has 9 heteroatoms. The molecule has 3 saturated carbocycles. The average Bonchev–Trinajstić information content (AvgIpc) is 3.27. The molecular weight excluding hydrogens is 540 g/mol. The van der Waals surface area contributed by atoms with E-state index in [4.69, 9.17) is 9.47 Å². The van der Waals surface area contributed by atoms with Crippen LogP contribution in [-0.4, -0.2) is 90.6 Å². The summed E-state index contributed by atoms with van der Waals surface area (Å²) in [7, 11) is 0. The summed E-state index contributed by atoms with van der Waals surface area (Å²) in [6.07, 6.45) is 4.19. The van der Waals surface area contributed by atoms with Crippen molar-refractivity contribution >= 4 is 0 Å². The normalized spacial score (nSPS) is 44.0. The van der Waals surface area contributed by atoms with E-state index in [1.165, 1.54) is 18.4 Å². The Hall–Kier alpha value is -1.14. The first-order valence-corrected chi connectivity index (χ1v) is 15.8. The second-order valence-corrected chi connectivity index (χ2v) is 14.4. The van der Waals surface area contributed by atoms with E-state index in [2.05, 4.69) is 26.5 Å². The van der Waals surface area contributed by atoms with Crippen LogP contribution in [0.1, 0.15) is 91.9 Å². The average molecular weight is 595 g/mol. The molecule has 9 nitrogen and oxygen atoms in total. The van der Waals surface area contributed by atoms with Gasteiger partial charge in [-0.25, -0.2) is 0 Å². The maximum Gasteiger partial charge on any atom is 0.197 e. The topological polar surface area (TPSA) is 160 Å². The van der Waals surface area contributed by atoms with Gasteiger partial charge in [0.25, 0.3) is 0 Å². The van der Waals surface area contributed by atoms with Crippen LogP contribution in [-0.2, 0) is 9.47 Å². The van der Waals surface area contributed by atoms with Gasteiger partial charge in [0.2, 0.25) is 0 Å². The lowest BCUT2D eigenvalue weighted by Crippen LogP contribution is -2.61. The molecule has 2 unspecified atom stereocenters. The second-order valence-electron chi connectivity index (χ2n) is 14.4. The highest BCUT2D eigenvalue weighted by Gasteiger charge is 2.51. The molecule has 0 aromatic carbocycles. The molecule has 4 rings (SSSR count). The summed E-state index contributed by atoms with van der Waals surface area (Å²) >= 11 is 0. The molecule has 1 saturated heterocycles. The predicted octanol–water partition coefficient (Wildman–Crippen LogP) is 2.85. The number of rotatable bonds is 9. The molecule has 0 aromatic rings. The molecule has 42 heavy (non-hydrogen) atoms. The zero-order chi connectivity index (χ0) is 31.0. The number of aliphatic hydroxyl groups excluding tert-OH is 5. The first-order valence-electron chi connectivity index (χ1n) is 15.8. The van der Waals surface area contributed by atoms with Gasteiger partial charge in [0.05, 0.1) is 18.3 Å². The van der Waals surface area contributed by atoms with Gasteiger partial charge in [0, 0.05) is 12.0 Å². The van der Waals surface area contributed by atoms with Crippen LogP contribution in [0.15, 0.2) is 35.5 Å². The molecule has 4 aliphatic rings. The largest absolute Gasteiger partial charge is 0.394 e. The molecule has 0 aromatic heterocycles. The fraction of sp³-hybridized carbons (Fsp3) is 0.818. The van der Waals surface area contributed by atoms with Crippen molar-refractivity contribution < 1.29 is 45.2 Å². The van der Waals surface area contributed by atoms with E-state index >= 15 is 0 Å². The van der Waals surface area contributed by atoms with Crippen molar-refractivity contribution in [1.82, 2.24) is 0 Å². The summed E-state index contributed by atoms with van der Waals surface area (Å²) in [6.45, 7) is 12.0. The Morgan fingerprint density at radius 1 is 1.12 bits per heavy atom. The fourth-order valence-corrected chi connectivity index (χ4v) is 8.27. The van der Waals surface area contributed by atoms with Crippen LogP contribution in [0.2, 0.25) is 0 Å². The lowest BCUT2D eigenvalue weighted by Gasteiger charge is -2.45.